The smallest absolute Gasteiger partial charge is 0.0600 e. The third-order valence-corrected chi connectivity index (χ3v) is 3.98. The summed E-state index contributed by atoms with van der Waals surface area (Å²) in [6, 6.07) is 3.44. The fourth-order valence-electron chi connectivity index (χ4n) is 2.55. The summed E-state index contributed by atoms with van der Waals surface area (Å²) in [6.07, 6.45) is 10.5. The molecule has 2 rings (SSSR count). The Balaban J connectivity index is 2.04. The Kier molecular flexibility index (Phi) is 5.84. The van der Waals surface area contributed by atoms with Gasteiger partial charge in [0.25, 0.3) is 0 Å². The van der Waals surface area contributed by atoms with Crippen LogP contribution in [0.15, 0.2) is 18.5 Å². The molecule has 1 N–H and O–H groups in total. The quantitative estimate of drug-likeness (QED) is 0.696. The van der Waals surface area contributed by atoms with E-state index in [1.807, 2.05) is 12.4 Å². The summed E-state index contributed by atoms with van der Waals surface area (Å²) in [7, 11) is 0. The van der Waals surface area contributed by atoms with Crippen LogP contribution in [0.25, 0.3) is 0 Å². The van der Waals surface area contributed by atoms with E-state index in [9.17, 15) is 0 Å². The summed E-state index contributed by atoms with van der Waals surface area (Å²) in [4.78, 5) is 6.86. The molecule has 0 radical (unpaired) electrons. The summed E-state index contributed by atoms with van der Waals surface area (Å²) in [5.74, 6) is 0. The minimum Gasteiger partial charge on any atom is -0.368 e. The van der Waals surface area contributed by atoms with Gasteiger partial charge in [-0.25, -0.2) is 0 Å². The van der Waals surface area contributed by atoms with E-state index in [1.54, 1.807) is 0 Å². The van der Waals surface area contributed by atoms with Crippen LogP contribution < -0.4 is 10.2 Å². The highest BCUT2D eigenvalue weighted by Gasteiger charge is 2.21. The van der Waals surface area contributed by atoms with Gasteiger partial charge in [0.1, 0.15) is 0 Å². The molecule has 20 heavy (non-hydrogen) atoms. The molecule has 0 atom stereocenters. The van der Waals surface area contributed by atoms with Crippen molar-refractivity contribution in [2.75, 3.05) is 11.4 Å². The third-order valence-electron chi connectivity index (χ3n) is 3.98. The van der Waals surface area contributed by atoms with Gasteiger partial charge in [-0.05, 0) is 44.7 Å². The largest absolute Gasteiger partial charge is 0.368 e. The lowest BCUT2D eigenvalue weighted by molar-refractivity contribution is 0.617. The van der Waals surface area contributed by atoms with E-state index in [4.69, 9.17) is 0 Å². The van der Waals surface area contributed by atoms with Crippen LogP contribution in [0.1, 0.15) is 58.4 Å². The fraction of sp³-hybridized carbons (Fsp3) is 0.706. The number of nitrogens with one attached hydrogen (secondary N) is 1. The summed E-state index contributed by atoms with van der Waals surface area (Å²) in [6.45, 7) is 8.91. The molecule has 0 unspecified atom stereocenters. The zero-order valence-corrected chi connectivity index (χ0v) is 13.2. The summed E-state index contributed by atoms with van der Waals surface area (Å²) < 4.78 is 0. The van der Waals surface area contributed by atoms with Gasteiger partial charge in [-0.3, -0.25) is 4.98 Å². The van der Waals surface area contributed by atoms with Crippen LogP contribution in [0.2, 0.25) is 0 Å². The van der Waals surface area contributed by atoms with Gasteiger partial charge in [0.05, 0.1) is 11.9 Å². The van der Waals surface area contributed by atoms with Crippen LogP contribution in [0.3, 0.4) is 0 Å². The summed E-state index contributed by atoms with van der Waals surface area (Å²) in [5.41, 5.74) is 2.70. The van der Waals surface area contributed by atoms with Crippen LogP contribution in [-0.4, -0.2) is 23.6 Å². The van der Waals surface area contributed by atoms with Crippen molar-refractivity contribution in [3.8, 4) is 0 Å². The molecule has 112 valence electrons. The maximum absolute atomic E-state index is 4.35. The molecular weight excluding hydrogens is 246 g/mol. The first-order chi connectivity index (χ1) is 9.72. The second-order valence-corrected chi connectivity index (χ2v) is 6.15. The summed E-state index contributed by atoms with van der Waals surface area (Å²) >= 11 is 0. The monoisotopic (exact) mass is 275 g/mol. The molecule has 0 spiro atoms. The highest BCUT2D eigenvalue weighted by molar-refractivity contribution is 5.52. The van der Waals surface area contributed by atoms with Gasteiger partial charge in [0.15, 0.2) is 0 Å². The molecule has 1 aliphatic rings. The van der Waals surface area contributed by atoms with Crippen molar-refractivity contribution in [1.82, 2.24) is 10.3 Å². The van der Waals surface area contributed by atoms with E-state index in [1.165, 1.54) is 43.4 Å². The van der Waals surface area contributed by atoms with Crippen molar-refractivity contribution in [1.29, 1.82) is 0 Å². The number of anilines is 1. The maximum atomic E-state index is 4.35. The number of hydrogen-bond donors (Lipinski definition) is 1. The predicted molar refractivity (Wildman–Crippen MR) is 86.1 cm³/mol. The molecule has 1 saturated carbocycles. The Morgan fingerprint density at radius 3 is 2.80 bits per heavy atom. The molecule has 0 amide bonds. The zero-order chi connectivity index (χ0) is 14.4. The minimum atomic E-state index is 0.524. The van der Waals surface area contributed by atoms with Crippen molar-refractivity contribution in [3.63, 3.8) is 0 Å². The first-order valence-corrected chi connectivity index (χ1v) is 8.15. The van der Waals surface area contributed by atoms with Gasteiger partial charge in [-0.15, -0.1) is 0 Å². The molecule has 1 fully saturated rings. The predicted octanol–water partition coefficient (Wildman–Crippen LogP) is 3.74. The topological polar surface area (TPSA) is 28.2 Å². The number of pyridine rings is 1. The molecule has 0 aromatic carbocycles. The van der Waals surface area contributed by atoms with Crippen LogP contribution in [0, 0.1) is 0 Å². The van der Waals surface area contributed by atoms with Crippen molar-refractivity contribution in [2.45, 2.75) is 71.5 Å². The van der Waals surface area contributed by atoms with Crippen molar-refractivity contribution in [2.24, 2.45) is 0 Å². The fourth-order valence-corrected chi connectivity index (χ4v) is 2.55. The van der Waals surface area contributed by atoms with Crippen molar-refractivity contribution < 1.29 is 0 Å². The van der Waals surface area contributed by atoms with Gasteiger partial charge < -0.3 is 10.2 Å². The Morgan fingerprint density at radius 1 is 1.35 bits per heavy atom. The first-order valence-electron chi connectivity index (χ1n) is 8.15. The van der Waals surface area contributed by atoms with E-state index in [2.05, 4.69) is 42.0 Å². The van der Waals surface area contributed by atoms with E-state index in [0.29, 0.717) is 6.04 Å². The van der Waals surface area contributed by atoms with Gasteiger partial charge in [0, 0.05) is 31.4 Å². The van der Waals surface area contributed by atoms with Crippen LogP contribution in [-0.2, 0) is 6.54 Å². The lowest BCUT2D eigenvalue weighted by Crippen LogP contribution is -2.33. The highest BCUT2D eigenvalue weighted by Crippen LogP contribution is 2.24. The maximum Gasteiger partial charge on any atom is 0.0600 e. The molecule has 1 aromatic heterocycles. The van der Waals surface area contributed by atoms with Crippen LogP contribution in [0.5, 0.6) is 0 Å². The van der Waals surface area contributed by atoms with Crippen LogP contribution in [0.4, 0.5) is 5.69 Å². The number of rotatable bonds is 9. The molecule has 0 saturated heterocycles. The zero-order valence-electron chi connectivity index (χ0n) is 13.2. The van der Waals surface area contributed by atoms with Gasteiger partial charge in [-0.2, -0.15) is 0 Å². The lowest BCUT2D eigenvalue weighted by Gasteiger charge is -2.30. The highest BCUT2D eigenvalue weighted by atomic mass is 15.2. The molecule has 1 aromatic rings. The van der Waals surface area contributed by atoms with Crippen molar-refractivity contribution in [3.05, 3.63) is 24.0 Å². The second-order valence-electron chi connectivity index (χ2n) is 6.15. The Hall–Kier alpha value is -1.09. The Labute approximate surface area is 123 Å². The van der Waals surface area contributed by atoms with E-state index in [-0.39, 0.29) is 0 Å². The number of nitrogens with zero attached hydrogens (tertiary/aromatic N) is 2. The molecule has 0 aliphatic heterocycles. The van der Waals surface area contributed by atoms with Gasteiger partial charge in [0.2, 0.25) is 0 Å². The van der Waals surface area contributed by atoms with E-state index in [0.717, 1.165) is 19.1 Å². The normalized spacial score (nSPS) is 14.8. The Morgan fingerprint density at radius 2 is 2.15 bits per heavy atom. The lowest BCUT2D eigenvalue weighted by atomic mass is 10.1. The van der Waals surface area contributed by atoms with Gasteiger partial charge in [-0.1, -0.05) is 19.8 Å². The number of aromatic nitrogens is 1. The Bertz CT molecular complexity index is 399. The molecule has 1 heterocycles. The van der Waals surface area contributed by atoms with E-state index >= 15 is 0 Å². The first kappa shape index (κ1) is 15.3. The van der Waals surface area contributed by atoms with Crippen LogP contribution >= 0.6 is 0 Å². The minimum absolute atomic E-state index is 0.524. The van der Waals surface area contributed by atoms with Crippen molar-refractivity contribution >= 4 is 5.69 Å². The average molecular weight is 275 g/mol. The van der Waals surface area contributed by atoms with Gasteiger partial charge >= 0.3 is 0 Å². The molecule has 1 aliphatic carbocycles. The molecular formula is C17H29N3. The standard InChI is InChI=1S/C17H29N3/c1-4-5-6-11-20(14(2)3)17-13-18-10-9-15(17)12-19-16-7-8-16/h9-10,13-14,16,19H,4-8,11-12H2,1-3H3. The second kappa shape index (κ2) is 7.63. The average Bonchev–Trinajstić information content (AvgIpc) is 3.26. The molecule has 3 heteroatoms. The summed E-state index contributed by atoms with van der Waals surface area (Å²) in [5, 5.41) is 3.62. The number of hydrogen-bond acceptors (Lipinski definition) is 3. The van der Waals surface area contributed by atoms with E-state index < -0.39 is 0 Å². The molecule has 0 bridgehead atoms. The molecule has 3 nitrogen and oxygen atoms in total. The number of unbranched alkanes of at least 4 members (excludes halogenated alkanes) is 2. The SMILES string of the molecule is CCCCCN(c1cnccc1CNC1CC1)C(C)C. The third kappa shape index (κ3) is 4.48.